The molecule has 0 saturated heterocycles. The molecule has 0 aliphatic carbocycles. The molecule has 3 aromatic rings. The van der Waals surface area contributed by atoms with Gasteiger partial charge in [-0.2, -0.15) is 0 Å². The minimum atomic E-state index is -0.462. The van der Waals surface area contributed by atoms with E-state index in [0.717, 1.165) is 11.3 Å². The van der Waals surface area contributed by atoms with Crippen LogP contribution < -0.4 is 4.74 Å². The average molecular weight is 284 g/mol. The van der Waals surface area contributed by atoms with Gasteiger partial charge in [0, 0.05) is 11.8 Å². The molecule has 0 radical (unpaired) electrons. The first-order valence-corrected chi connectivity index (χ1v) is 6.51. The monoisotopic (exact) mass is 284 g/mol. The number of ketones is 1. The first kappa shape index (κ1) is 13.4. The summed E-state index contributed by atoms with van der Waals surface area (Å²) < 4.78 is 23.9. The molecule has 0 fully saturated rings. The highest BCUT2D eigenvalue weighted by atomic mass is 19.1. The number of hydrogen-bond donors (Lipinski definition) is 0. The Kier molecular flexibility index (Phi) is 3.44. The van der Waals surface area contributed by atoms with Crippen LogP contribution in [0.2, 0.25) is 0 Å². The van der Waals surface area contributed by atoms with Crippen molar-refractivity contribution in [2.24, 2.45) is 0 Å². The van der Waals surface area contributed by atoms with E-state index in [1.165, 1.54) is 6.07 Å². The van der Waals surface area contributed by atoms with Gasteiger partial charge in [0.05, 0.1) is 7.11 Å². The minimum Gasteiger partial charge on any atom is -0.497 e. The molecular formula is C17H13FO3. The number of ether oxygens (including phenoxy) is 1. The number of furan rings is 1. The molecule has 0 saturated carbocycles. The Hall–Kier alpha value is -2.62. The zero-order valence-electron chi connectivity index (χ0n) is 11.4. The lowest BCUT2D eigenvalue weighted by Gasteiger charge is -2.01. The highest BCUT2D eigenvalue weighted by Crippen LogP contribution is 2.23. The molecule has 3 nitrogen and oxygen atoms in total. The lowest BCUT2D eigenvalue weighted by Crippen LogP contribution is -2.01. The lowest BCUT2D eigenvalue weighted by molar-refractivity contribution is 0.0968. The molecule has 1 aromatic heterocycles. The minimum absolute atomic E-state index is 0.121. The van der Waals surface area contributed by atoms with Gasteiger partial charge in [0.2, 0.25) is 5.78 Å². The molecule has 2 aromatic carbocycles. The predicted molar refractivity (Wildman–Crippen MR) is 77.2 cm³/mol. The quantitative estimate of drug-likeness (QED) is 0.680. The number of hydrogen-bond acceptors (Lipinski definition) is 3. The normalized spacial score (nSPS) is 10.8. The van der Waals surface area contributed by atoms with Crippen LogP contribution >= 0.6 is 0 Å². The summed E-state index contributed by atoms with van der Waals surface area (Å²) in [6, 6.07) is 13.4. The van der Waals surface area contributed by atoms with Crippen molar-refractivity contribution in [2.45, 2.75) is 6.42 Å². The Labute approximate surface area is 120 Å². The van der Waals surface area contributed by atoms with Crippen LogP contribution in [-0.4, -0.2) is 12.9 Å². The fraction of sp³-hybridized carbons (Fsp3) is 0.118. The Morgan fingerprint density at radius 2 is 1.95 bits per heavy atom. The van der Waals surface area contributed by atoms with Crippen molar-refractivity contribution in [2.75, 3.05) is 7.11 Å². The number of halogens is 1. The summed E-state index contributed by atoms with van der Waals surface area (Å²) in [4.78, 5) is 12.2. The summed E-state index contributed by atoms with van der Waals surface area (Å²) in [5, 5.41) is 0.591. The standard InChI is InChI=1S/C17H13FO3/c1-20-13-7-5-11(6-8-13)9-15(19)16-10-12-3-2-4-14(18)17(12)21-16/h2-8,10H,9H2,1H3. The molecule has 0 N–H and O–H groups in total. The molecule has 0 unspecified atom stereocenters. The Bertz CT molecular complexity index is 787. The molecule has 1 heterocycles. The predicted octanol–water partition coefficient (Wildman–Crippen LogP) is 4.01. The van der Waals surface area contributed by atoms with E-state index in [1.807, 2.05) is 12.1 Å². The molecule has 0 aliphatic rings. The summed E-state index contributed by atoms with van der Waals surface area (Å²) in [5.74, 6) is 0.259. The van der Waals surface area contributed by atoms with Crippen LogP contribution in [0, 0.1) is 5.82 Å². The van der Waals surface area contributed by atoms with Crippen LogP contribution in [0.25, 0.3) is 11.0 Å². The van der Waals surface area contributed by atoms with E-state index in [2.05, 4.69) is 0 Å². The van der Waals surface area contributed by atoms with Crippen molar-refractivity contribution in [3.63, 3.8) is 0 Å². The summed E-state index contributed by atoms with van der Waals surface area (Å²) in [6.45, 7) is 0. The van der Waals surface area contributed by atoms with Crippen LogP contribution in [0.5, 0.6) is 5.75 Å². The fourth-order valence-electron chi connectivity index (χ4n) is 2.18. The van der Waals surface area contributed by atoms with Gasteiger partial charge in [-0.25, -0.2) is 4.39 Å². The number of fused-ring (bicyclic) bond motifs is 1. The van der Waals surface area contributed by atoms with E-state index >= 15 is 0 Å². The summed E-state index contributed by atoms with van der Waals surface area (Å²) in [5.41, 5.74) is 0.970. The number of carbonyl (C=O) groups is 1. The number of para-hydroxylation sites is 1. The molecule has 0 aliphatic heterocycles. The number of rotatable bonds is 4. The highest BCUT2D eigenvalue weighted by molar-refractivity contribution is 5.98. The second-order valence-electron chi connectivity index (χ2n) is 4.72. The second-order valence-corrected chi connectivity index (χ2v) is 4.72. The van der Waals surface area contributed by atoms with Crippen molar-refractivity contribution in [3.05, 3.63) is 65.7 Å². The summed E-state index contributed by atoms with van der Waals surface area (Å²) >= 11 is 0. The van der Waals surface area contributed by atoms with E-state index in [0.29, 0.717) is 5.39 Å². The van der Waals surface area contributed by atoms with E-state index in [9.17, 15) is 9.18 Å². The molecule has 106 valence electrons. The smallest absolute Gasteiger partial charge is 0.202 e. The third kappa shape index (κ3) is 2.65. The van der Waals surface area contributed by atoms with Crippen LogP contribution in [0.4, 0.5) is 4.39 Å². The van der Waals surface area contributed by atoms with E-state index < -0.39 is 5.82 Å². The van der Waals surface area contributed by atoms with Crippen LogP contribution in [0.1, 0.15) is 16.1 Å². The average Bonchev–Trinajstić information content (AvgIpc) is 2.94. The van der Waals surface area contributed by atoms with Crippen LogP contribution in [-0.2, 0) is 6.42 Å². The van der Waals surface area contributed by atoms with Gasteiger partial charge in [-0.05, 0) is 29.8 Å². The van der Waals surface area contributed by atoms with Gasteiger partial charge in [-0.1, -0.05) is 24.3 Å². The summed E-state index contributed by atoms with van der Waals surface area (Å²) in [7, 11) is 1.59. The SMILES string of the molecule is COc1ccc(CC(=O)c2cc3cccc(F)c3o2)cc1. The van der Waals surface area contributed by atoms with E-state index in [4.69, 9.17) is 9.15 Å². The fourth-order valence-corrected chi connectivity index (χ4v) is 2.18. The molecule has 0 bridgehead atoms. The van der Waals surface area contributed by atoms with Gasteiger partial charge in [0.25, 0.3) is 0 Å². The molecule has 0 atom stereocenters. The number of Topliss-reactive ketones (excluding diaryl/α,β-unsaturated/α-hetero) is 1. The first-order valence-electron chi connectivity index (χ1n) is 6.51. The maximum atomic E-state index is 13.6. The second kappa shape index (κ2) is 5.40. The zero-order chi connectivity index (χ0) is 14.8. The largest absolute Gasteiger partial charge is 0.497 e. The maximum Gasteiger partial charge on any atom is 0.202 e. The van der Waals surface area contributed by atoms with Gasteiger partial charge in [-0.15, -0.1) is 0 Å². The maximum absolute atomic E-state index is 13.6. The van der Waals surface area contributed by atoms with E-state index in [-0.39, 0.29) is 23.5 Å². The van der Waals surface area contributed by atoms with Crippen molar-refractivity contribution in [1.82, 2.24) is 0 Å². The third-order valence-corrected chi connectivity index (χ3v) is 3.29. The van der Waals surface area contributed by atoms with Crippen molar-refractivity contribution in [1.29, 1.82) is 0 Å². The molecule has 21 heavy (non-hydrogen) atoms. The molecule has 4 heteroatoms. The highest BCUT2D eigenvalue weighted by Gasteiger charge is 2.15. The van der Waals surface area contributed by atoms with Crippen molar-refractivity contribution < 1.29 is 18.3 Å². The Morgan fingerprint density at radius 1 is 1.19 bits per heavy atom. The Morgan fingerprint density at radius 3 is 2.62 bits per heavy atom. The van der Waals surface area contributed by atoms with Gasteiger partial charge in [0.15, 0.2) is 17.2 Å². The van der Waals surface area contributed by atoms with Gasteiger partial charge >= 0.3 is 0 Å². The third-order valence-electron chi connectivity index (χ3n) is 3.29. The number of benzene rings is 2. The van der Waals surface area contributed by atoms with Gasteiger partial charge < -0.3 is 9.15 Å². The summed E-state index contributed by atoms with van der Waals surface area (Å²) in [6.07, 6.45) is 0.200. The molecule has 0 spiro atoms. The lowest BCUT2D eigenvalue weighted by atomic mass is 10.1. The van der Waals surface area contributed by atoms with Crippen LogP contribution in [0.15, 0.2) is 52.9 Å². The number of methoxy groups -OCH3 is 1. The zero-order valence-corrected chi connectivity index (χ0v) is 11.4. The van der Waals surface area contributed by atoms with Gasteiger partial charge in [0.1, 0.15) is 5.75 Å². The first-order chi connectivity index (χ1) is 10.2. The molecule has 0 amide bonds. The molecule has 3 rings (SSSR count). The molecular weight excluding hydrogens is 271 g/mol. The number of carbonyl (C=O) groups excluding carboxylic acids is 1. The van der Waals surface area contributed by atoms with Gasteiger partial charge in [-0.3, -0.25) is 4.79 Å². The van der Waals surface area contributed by atoms with E-state index in [1.54, 1.807) is 37.4 Å². The van der Waals surface area contributed by atoms with Crippen molar-refractivity contribution in [3.8, 4) is 5.75 Å². The topological polar surface area (TPSA) is 39.4 Å². The van der Waals surface area contributed by atoms with Crippen LogP contribution in [0.3, 0.4) is 0 Å². The van der Waals surface area contributed by atoms with Crippen molar-refractivity contribution >= 4 is 16.8 Å². The Balaban J connectivity index is 1.84.